The number of nitrogens with two attached hydrogens (primary N) is 1. The minimum absolute atomic E-state index is 0.0444. The first-order valence-corrected chi connectivity index (χ1v) is 6.57. The second kappa shape index (κ2) is 5.62. The predicted molar refractivity (Wildman–Crippen MR) is 79.5 cm³/mol. The number of halogens is 1. The molecule has 0 spiro atoms. The lowest BCUT2D eigenvalue weighted by Gasteiger charge is -2.18. The van der Waals surface area contributed by atoms with E-state index in [1.807, 2.05) is 12.1 Å². The van der Waals surface area contributed by atoms with Gasteiger partial charge < -0.3 is 0 Å². The molecule has 0 aliphatic rings. The average Bonchev–Trinajstić information content (AvgIpc) is 2.33. The van der Waals surface area contributed by atoms with Crippen LogP contribution < -0.4 is 11.3 Å². The quantitative estimate of drug-likeness (QED) is 0.513. The standard InChI is InChI=1S/C14H15IN2/c1-10-5-4-6-11(9-10)14(17-16)12-7-2-3-8-13(12)15/h2-9,14,17H,16H2,1H3. The third-order valence-corrected chi connectivity index (χ3v) is 3.74. The summed E-state index contributed by atoms with van der Waals surface area (Å²) in [7, 11) is 0. The van der Waals surface area contributed by atoms with Gasteiger partial charge in [0.1, 0.15) is 0 Å². The Labute approximate surface area is 115 Å². The zero-order valence-corrected chi connectivity index (χ0v) is 11.8. The van der Waals surface area contributed by atoms with Crippen LogP contribution >= 0.6 is 22.6 Å². The molecule has 0 aliphatic carbocycles. The van der Waals surface area contributed by atoms with E-state index >= 15 is 0 Å². The van der Waals surface area contributed by atoms with E-state index in [0.29, 0.717) is 0 Å². The summed E-state index contributed by atoms with van der Waals surface area (Å²) < 4.78 is 1.22. The van der Waals surface area contributed by atoms with Gasteiger partial charge in [0.05, 0.1) is 6.04 Å². The van der Waals surface area contributed by atoms with Gasteiger partial charge in [-0.25, -0.2) is 5.43 Å². The summed E-state index contributed by atoms with van der Waals surface area (Å²) in [6, 6.07) is 16.7. The highest BCUT2D eigenvalue weighted by atomic mass is 127. The van der Waals surface area contributed by atoms with E-state index in [9.17, 15) is 0 Å². The highest BCUT2D eigenvalue weighted by Gasteiger charge is 2.14. The van der Waals surface area contributed by atoms with Gasteiger partial charge in [-0.05, 0) is 46.7 Å². The molecule has 0 aliphatic heterocycles. The Bertz CT molecular complexity index is 511. The van der Waals surface area contributed by atoms with Crippen molar-refractivity contribution in [3.8, 4) is 0 Å². The van der Waals surface area contributed by atoms with Crippen molar-refractivity contribution in [3.63, 3.8) is 0 Å². The number of nitrogens with one attached hydrogen (secondary N) is 1. The summed E-state index contributed by atoms with van der Waals surface area (Å²) in [6.45, 7) is 2.09. The van der Waals surface area contributed by atoms with Crippen molar-refractivity contribution in [3.05, 3.63) is 68.8 Å². The van der Waals surface area contributed by atoms with Crippen molar-refractivity contribution in [2.75, 3.05) is 0 Å². The van der Waals surface area contributed by atoms with Crippen LogP contribution in [0.4, 0.5) is 0 Å². The van der Waals surface area contributed by atoms with Crippen LogP contribution in [0.3, 0.4) is 0 Å². The van der Waals surface area contributed by atoms with E-state index in [-0.39, 0.29) is 6.04 Å². The lowest BCUT2D eigenvalue weighted by atomic mass is 9.98. The smallest absolute Gasteiger partial charge is 0.0720 e. The molecule has 0 saturated carbocycles. The maximum atomic E-state index is 5.70. The Kier molecular flexibility index (Phi) is 4.15. The molecule has 2 aromatic rings. The van der Waals surface area contributed by atoms with Crippen molar-refractivity contribution in [2.45, 2.75) is 13.0 Å². The van der Waals surface area contributed by atoms with Crippen molar-refractivity contribution in [1.29, 1.82) is 0 Å². The topological polar surface area (TPSA) is 38.0 Å². The van der Waals surface area contributed by atoms with Crippen molar-refractivity contribution >= 4 is 22.6 Å². The molecule has 0 saturated heterocycles. The van der Waals surface area contributed by atoms with Crippen LogP contribution in [0.25, 0.3) is 0 Å². The molecule has 2 aromatic carbocycles. The fourth-order valence-electron chi connectivity index (χ4n) is 1.92. The molecule has 0 aromatic heterocycles. The molecule has 0 radical (unpaired) electrons. The van der Waals surface area contributed by atoms with Gasteiger partial charge in [-0.15, -0.1) is 0 Å². The highest BCUT2D eigenvalue weighted by molar-refractivity contribution is 14.1. The second-order valence-corrected chi connectivity index (χ2v) is 5.20. The van der Waals surface area contributed by atoms with Gasteiger partial charge in [-0.3, -0.25) is 5.84 Å². The second-order valence-electron chi connectivity index (χ2n) is 4.04. The monoisotopic (exact) mass is 338 g/mol. The first kappa shape index (κ1) is 12.5. The maximum Gasteiger partial charge on any atom is 0.0720 e. The summed E-state index contributed by atoms with van der Waals surface area (Å²) in [5.74, 6) is 5.70. The first-order valence-electron chi connectivity index (χ1n) is 5.49. The van der Waals surface area contributed by atoms with Crippen LogP contribution in [0.1, 0.15) is 22.7 Å². The van der Waals surface area contributed by atoms with Gasteiger partial charge in [0.15, 0.2) is 0 Å². The Morgan fingerprint density at radius 3 is 2.53 bits per heavy atom. The molecular weight excluding hydrogens is 323 g/mol. The van der Waals surface area contributed by atoms with E-state index in [1.165, 1.54) is 20.3 Å². The molecule has 1 unspecified atom stereocenters. The van der Waals surface area contributed by atoms with Gasteiger partial charge >= 0.3 is 0 Å². The number of hydrogen-bond acceptors (Lipinski definition) is 2. The molecule has 88 valence electrons. The van der Waals surface area contributed by atoms with E-state index in [2.05, 4.69) is 71.3 Å². The zero-order chi connectivity index (χ0) is 12.3. The summed E-state index contributed by atoms with van der Waals surface area (Å²) in [6.07, 6.45) is 0. The van der Waals surface area contributed by atoms with Crippen LogP contribution in [0.2, 0.25) is 0 Å². The third kappa shape index (κ3) is 2.86. The summed E-state index contributed by atoms with van der Waals surface area (Å²) in [5, 5.41) is 0. The number of benzene rings is 2. The lowest BCUT2D eigenvalue weighted by Crippen LogP contribution is -2.29. The summed E-state index contributed by atoms with van der Waals surface area (Å²) in [5.41, 5.74) is 6.54. The normalized spacial score (nSPS) is 12.4. The zero-order valence-electron chi connectivity index (χ0n) is 9.65. The Hall–Kier alpha value is -0.910. The minimum Gasteiger partial charge on any atom is -0.271 e. The van der Waals surface area contributed by atoms with Gasteiger partial charge in [0, 0.05) is 3.57 Å². The molecule has 0 heterocycles. The van der Waals surface area contributed by atoms with Crippen molar-refractivity contribution in [2.24, 2.45) is 5.84 Å². The number of hydrazine groups is 1. The first-order chi connectivity index (χ1) is 8.22. The Morgan fingerprint density at radius 1 is 1.12 bits per heavy atom. The third-order valence-electron chi connectivity index (χ3n) is 2.76. The molecule has 2 rings (SSSR count). The Morgan fingerprint density at radius 2 is 1.88 bits per heavy atom. The SMILES string of the molecule is Cc1cccc(C(NN)c2ccccc2I)c1. The van der Waals surface area contributed by atoms with Gasteiger partial charge in [-0.1, -0.05) is 48.0 Å². The molecule has 0 amide bonds. The minimum atomic E-state index is 0.0444. The van der Waals surface area contributed by atoms with Crippen LogP contribution in [-0.2, 0) is 0 Å². The van der Waals surface area contributed by atoms with Crippen LogP contribution in [0.15, 0.2) is 48.5 Å². The van der Waals surface area contributed by atoms with Crippen LogP contribution in [0.5, 0.6) is 0 Å². The van der Waals surface area contributed by atoms with Crippen molar-refractivity contribution in [1.82, 2.24) is 5.43 Å². The molecule has 2 nitrogen and oxygen atoms in total. The largest absolute Gasteiger partial charge is 0.271 e. The average molecular weight is 338 g/mol. The molecule has 3 N–H and O–H groups in total. The number of aryl methyl sites for hydroxylation is 1. The fraction of sp³-hybridized carbons (Fsp3) is 0.143. The summed E-state index contributed by atoms with van der Waals surface area (Å²) >= 11 is 2.34. The highest BCUT2D eigenvalue weighted by Crippen LogP contribution is 2.25. The van der Waals surface area contributed by atoms with Crippen molar-refractivity contribution < 1.29 is 0 Å². The number of rotatable bonds is 3. The fourth-order valence-corrected chi connectivity index (χ4v) is 2.62. The molecule has 0 fully saturated rings. The van der Waals surface area contributed by atoms with Crippen LogP contribution in [0, 0.1) is 10.5 Å². The van der Waals surface area contributed by atoms with E-state index in [4.69, 9.17) is 5.84 Å². The molecule has 1 atom stereocenters. The summed E-state index contributed by atoms with van der Waals surface area (Å²) in [4.78, 5) is 0. The van der Waals surface area contributed by atoms with E-state index < -0.39 is 0 Å². The van der Waals surface area contributed by atoms with Crippen LogP contribution in [-0.4, -0.2) is 0 Å². The molecule has 0 bridgehead atoms. The van der Waals surface area contributed by atoms with Gasteiger partial charge in [-0.2, -0.15) is 0 Å². The Balaban J connectivity index is 2.44. The van der Waals surface area contributed by atoms with E-state index in [1.54, 1.807) is 0 Å². The molecule has 17 heavy (non-hydrogen) atoms. The van der Waals surface area contributed by atoms with E-state index in [0.717, 1.165) is 0 Å². The van der Waals surface area contributed by atoms with Gasteiger partial charge in [0.25, 0.3) is 0 Å². The maximum absolute atomic E-state index is 5.70. The number of hydrogen-bond donors (Lipinski definition) is 2. The van der Waals surface area contributed by atoms with Gasteiger partial charge in [0.2, 0.25) is 0 Å². The predicted octanol–water partition coefficient (Wildman–Crippen LogP) is 3.15. The molecular formula is C14H15IN2. The molecule has 3 heteroatoms. The lowest BCUT2D eigenvalue weighted by molar-refractivity contribution is 0.634.